The van der Waals surface area contributed by atoms with Gasteiger partial charge in [0.2, 0.25) is 0 Å². The third-order valence-corrected chi connectivity index (χ3v) is 1.27. The Morgan fingerprint density at radius 1 is 1.60 bits per heavy atom. The second kappa shape index (κ2) is 2.53. The Labute approximate surface area is 59.6 Å². The molecule has 0 aliphatic carbocycles. The van der Waals surface area contributed by atoms with Gasteiger partial charge in [0.1, 0.15) is 0 Å². The van der Waals surface area contributed by atoms with Crippen LogP contribution in [0, 0.1) is 0 Å². The van der Waals surface area contributed by atoms with Crippen LogP contribution in [0.15, 0.2) is 6.20 Å². The lowest BCUT2D eigenvalue weighted by Gasteiger charge is -1.82. The first-order valence-electron chi connectivity index (χ1n) is 2.27. The molecule has 0 atom stereocenters. The number of Topliss-reactive ketones (excluding diaryl/α,β-unsaturated/α-hetero) is 1. The van der Waals surface area contributed by atoms with Crippen molar-refractivity contribution in [3.63, 3.8) is 0 Å². The standard InChI is InChI=1S/C4H2N2O3S/c7-3(4(8)9)2-1-5-10-6-2/h1H,(H,8,9). The van der Waals surface area contributed by atoms with Gasteiger partial charge in [0.25, 0.3) is 5.78 Å². The van der Waals surface area contributed by atoms with Crippen LogP contribution < -0.4 is 0 Å². The van der Waals surface area contributed by atoms with Crippen LogP contribution in [0.3, 0.4) is 0 Å². The predicted octanol–water partition coefficient (Wildman–Crippen LogP) is -0.195. The number of ketones is 1. The van der Waals surface area contributed by atoms with Crippen LogP contribution in [0.2, 0.25) is 0 Å². The van der Waals surface area contributed by atoms with E-state index >= 15 is 0 Å². The summed E-state index contributed by atoms with van der Waals surface area (Å²) in [4.78, 5) is 20.5. The van der Waals surface area contributed by atoms with Crippen molar-refractivity contribution in [2.24, 2.45) is 0 Å². The molecule has 52 valence electrons. The highest BCUT2D eigenvalue weighted by molar-refractivity contribution is 6.99. The number of nitrogens with zero attached hydrogens (tertiary/aromatic N) is 2. The van der Waals surface area contributed by atoms with E-state index < -0.39 is 11.8 Å². The summed E-state index contributed by atoms with van der Waals surface area (Å²) in [6, 6.07) is 0. The molecule has 0 aliphatic rings. The van der Waals surface area contributed by atoms with Crippen LogP contribution in [0.1, 0.15) is 10.5 Å². The van der Waals surface area contributed by atoms with Gasteiger partial charge in [-0.15, -0.1) is 0 Å². The zero-order valence-electron chi connectivity index (χ0n) is 4.64. The minimum atomic E-state index is -1.51. The van der Waals surface area contributed by atoms with Crippen molar-refractivity contribution in [3.05, 3.63) is 11.9 Å². The van der Waals surface area contributed by atoms with E-state index in [4.69, 9.17) is 5.11 Å². The van der Waals surface area contributed by atoms with Gasteiger partial charge in [-0.1, -0.05) is 0 Å². The summed E-state index contributed by atoms with van der Waals surface area (Å²) in [6.07, 6.45) is 1.13. The maximum atomic E-state index is 10.5. The largest absolute Gasteiger partial charge is 0.475 e. The number of carbonyl (C=O) groups excluding carboxylic acids is 1. The molecule has 1 N–H and O–H groups in total. The molecule has 0 spiro atoms. The fourth-order valence-corrected chi connectivity index (χ4v) is 0.786. The molecular formula is C4H2N2O3S. The van der Waals surface area contributed by atoms with E-state index in [1.165, 1.54) is 0 Å². The molecule has 1 aromatic heterocycles. The van der Waals surface area contributed by atoms with Gasteiger partial charge < -0.3 is 5.11 Å². The highest BCUT2D eigenvalue weighted by Gasteiger charge is 2.16. The molecule has 1 aromatic rings. The van der Waals surface area contributed by atoms with E-state index in [9.17, 15) is 9.59 Å². The Balaban J connectivity index is 2.88. The smallest absolute Gasteiger partial charge is 0.379 e. The molecule has 0 saturated carbocycles. The number of carboxylic acid groups (broad SMARTS) is 1. The van der Waals surface area contributed by atoms with Crippen LogP contribution >= 0.6 is 11.7 Å². The summed E-state index contributed by atoms with van der Waals surface area (Å²) in [6.45, 7) is 0. The summed E-state index contributed by atoms with van der Waals surface area (Å²) in [5, 5.41) is 8.14. The first kappa shape index (κ1) is 6.81. The number of aliphatic carboxylic acids is 1. The number of hydrogen-bond donors (Lipinski definition) is 1. The molecule has 1 rings (SSSR count). The second-order valence-electron chi connectivity index (χ2n) is 1.43. The molecule has 0 aliphatic heterocycles. The summed E-state index contributed by atoms with van der Waals surface area (Å²) < 4.78 is 6.91. The minimum Gasteiger partial charge on any atom is -0.475 e. The molecule has 5 nitrogen and oxygen atoms in total. The van der Waals surface area contributed by atoms with E-state index in [2.05, 4.69) is 8.75 Å². The van der Waals surface area contributed by atoms with Crippen molar-refractivity contribution >= 4 is 23.5 Å². The zero-order valence-corrected chi connectivity index (χ0v) is 5.46. The van der Waals surface area contributed by atoms with Crippen LogP contribution in [-0.2, 0) is 4.79 Å². The normalized spacial score (nSPS) is 9.20. The maximum absolute atomic E-state index is 10.5. The van der Waals surface area contributed by atoms with Gasteiger partial charge in [-0.05, 0) is 0 Å². The number of carbonyl (C=O) groups is 2. The Morgan fingerprint density at radius 2 is 2.30 bits per heavy atom. The Bertz CT molecular complexity index is 255. The van der Waals surface area contributed by atoms with Crippen molar-refractivity contribution in [1.82, 2.24) is 8.75 Å². The van der Waals surface area contributed by atoms with Gasteiger partial charge in [0, 0.05) is 0 Å². The molecule has 0 amide bonds. The van der Waals surface area contributed by atoms with Crippen molar-refractivity contribution in [2.75, 3.05) is 0 Å². The van der Waals surface area contributed by atoms with Crippen LogP contribution in [0.25, 0.3) is 0 Å². The van der Waals surface area contributed by atoms with E-state index in [1.807, 2.05) is 0 Å². The van der Waals surface area contributed by atoms with Crippen molar-refractivity contribution < 1.29 is 14.7 Å². The van der Waals surface area contributed by atoms with Crippen LogP contribution in [0.4, 0.5) is 0 Å². The van der Waals surface area contributed by atoms with Crippen molar-refractivity contribution in [3.8, 4) is 0 Å². The fraction of sp³-hybridized carbons (Fsp3) is 0. The van der Waals surface area contributed by atoms with Gasteiger partial charge in [-0.25, -0.2) is 4.79 Å². The zero-order chi connectivity index (χ0) is 7.56. The SMILES string of the molecule is O=C(O)C(=O)c1cnsn1. The number of rotatable bonds is 2. The lowest BCUT2D eigenvalue weighted by molar-refractivity contribution is -0.131. The van der Waals surface area contributed by atoms with Gasteiger partial charge in [-0.3, -0.25) is 4.79 Å². The number of hydrogen-bond acceptors (Lipinski definition) is 5. The third kappa shape index (κ3) is 1.16. The number of aromatic nitrogens is 2. The van der Waals surface area contributed by atoms with Crippen molar-refractivity contribution in [1.29, 1.82) is 0 Å². The van der Waals surface area contributed by atoms with Crippen LogP contribution in [0.5, 0.6) is 0 Å². The molecule has 0 fully saturated rings. The van der Waals surface area contributed by atoms with Gasteiger partial charge in [-0.2, -0.15) is 8.75 Å². The highest BCUT2D eigenvalue weighted by atomic mass is 32.1. The van der Waals surface area contributed by atoms with Gasteiger partial charge >= 0.3 is 5.97 Å². The van der Waals surface area contributed by atoms with E-state index in [0.29, 0.717) is 0 Å². The van der Waals surface area contributed by atoms with E-state index in [0.717, 1.165) is 17.9 Å². The third-order valence-electron chi connectivity index (χ3n) is 0.788. The Morgan fingerprint density at radius 3 is 2.70 bits per heavy atom. The molecule has 0 aromatic carbocycles. The van der Waals surface area contributed by atoms with Gasteiger partial charge in [0.15, 0.2) is 5.69 Å². The average molecular weight is 158 g/mol. The Hall–Kier alpha value is -1.30. The molecule has 0 radical (unpaired) electrons. The summed E-state index contributed by atoms with van der Waals surface area (Å²) in [5.41, 5.74) is -0.113. The maximum Gasteiger partial charge on any atom is 0.379 e. The number of carboxylic acids is 1. The highest BCUT2D eigenvalue weighted by Crippen LogP contribution is 1.95. The monoisotopic (exact) mass is 158 g/mol. The molecule has 1 heterocycles. The minimum absolute atomic E-state index is 0.113. The quantitative estimate of drug-likeness (QED) is 0.476. The molecule has 10 heavy (non-hydrogen) atoms. The summed E-state index contributed by atoms with van der Waals surface area (Å²) in [5.74, 6) is -2.53. The fourth-order valence-electron chi connectivity index (χ4n) is 0.374. The predicted molar refractivity (Wildman–Crippen MR) is 31.9 cm³/mol. The molecule has 0 saturated heterocycles. The van der Waals surface area contributed by atoms with Gasteiger partial charge in [0.05, 0.1) is 17.9 Å². The van der Waals surface area contributed by atoms with E-state index in [1.54, 1.807) is 0 Å². The summed E-state index contributed by atoms with van der Waals surface area (Å²) in [7, 11) is 0. The second-order valence-corrected chi connectivity index (χ2v) is 1.98. The molecule has 6 heteroatoms. The Kier molecular flexibility index (Phi) is 1.72. The van der Waals surface area contributed by atoms with Crippen LogP contribution in [-0.4, -0.2) is 25.6 Å². The topological polar surface area (TPSA) is 80.1 Å². The summed E-state index contributed by atoms with van der Waals surface area (Å²) >= 11 is 0.801. The molecular weight excluding hydrogens is 156 g/mol. The molecule has 0 unspecified atom stereocenters. The first-order valence-corrected chi connectivity index (χ1v) is 3.00. The molecule has 0 bridgehead atoms. The lowest BCUT2D eigenvalue weighted by atomic mass is 10.3. The average Bonchev–Trinajstić information content (AvgIpc) is 2.36. The first-order chi connectivity index (χ1) is 4.72. The van der Waals surface area contributed by atoms with E-state index in [-0.39, 0.29) is 5.69 Å². The lowest BCUT2D eigenvalue weighted by Crippen LogP contribution is -2.12. The van der Waals surface area contributed by atoms with Crippen molar-refractivity contribution in [2.45, 2.75) is 0 Å².